The zero-order chi connectivity index (χ0) is 29.9. The predicted molar refractivity (Wildman–Crippen MR) is 193 cm³/mol. The SMILES string of the molecule is c1ccc2cc3c(cc2c1)c1ccccc1n3-c1ccc2c(c1)c1ccccc1n2-c1nc2ccc3oc4ccccc4c3c2s1. The van der Waals surface area contributed by atoms with Gasteiger partial charge in [0.25, 0.3) is 0 Å². The van der Waals surface area contributed by atoms with Crippen molar-refractivity contribution < 1.29 is 4.42 Å². The molecule has 0 unspecified atom stereocenters. The Bertz CT molecular complexity index is 3040. The Morgan fingerprint density at radius 1 is 0.478 bits per heavy atom. The van der Waals surface area contributed by atoms with E-state index in [2.05, 4.69) is 130 Å². The average Bonchev–Trinajstić information content (AvgIpc) is 3.85. The number of para-hydroxylation sites is 3. The standard InChI is InChI=1S/C41H23N3OS/c1-2-10-25-22-36-30(21-24(25)9-1)27-11-3-6-14-33(27)43(36)26-17-19-35-31(23-26)28-12-4-7-15-34(28)44(35)41-42-32-18-20-38-39(40(32)46-41)29-13-5-8-16-37(29)45-38/h1-23H. The van der Waals surface area contributed by atoms with Crippen LogP contribution in [0.4, 0.5) is 0 Å². The van der Waals surface area contributed by atoms with E-state index in [0.717, 1.165) is 54.0 Å². The molecule has 4 aromatic heterocycles. The molecule has 0 spiro atoms. The number of fused-ring (bicyclic) bond motifs is 12. The number of nitrogens with zero attached hydrogens (tertiary/aromatic N) is 3. The van der Waals surface area contributed by atoms with Crippen LogP contribution in [0.5, 0.6) is 0 Å². The summed E-state index contributed by atoms with van der Waals surface area (Å²) < 4.78 is 12.1. The van der Waals surface area contributed by atoms with E-state index in [4.69, 9.17) is 9.40 Å². The molecule has 0 aliphatic carbocycles. The third-order valence-corrected chi connectivity index (χ3v) is 10.6. The second-order valence-corrected chi connectivity index (χ2v) is 13.0. The number of hydrogen-bond donors (Lipinski definition) is 0. The lowest BCUT2D eigenvalue weighted by Gasteiger charge is -2.10. The van der Waals surface area contributed by atoms with Crippen LogP contribution in [0.15, 0.2) is 144 Å². The number of rotatable bonds is 2. The fourth-order valence-electron chi connectivity index (χ4n) is 7.52. The van der Waals surface area contributed by atoms with Gasteiger partial charge in [-0.3, -0.25) is 4.57 Å². The molecule has 7 aromatic carbocycles. The van der Waals surface area contributed by atoms with Gasteiger partial charge in [-0.25, -0.2) is 4.98 Å². The zero-order valence-electron chi connectivity index (χ0n) is 24.4. The lowest BCUT2D eigenvalue weighted by Crippen LogP contribution is -1.95. The molecule has 0 bridgehead atoms. The van der Waals surface area contributed by atoms with Crippen LogP contribution >= 0.6 is 11.3 Å². The molecular formula is C41H23N3OS. The summed E-state index contributed by atoms with van der Waals surface area (Å²) in [5.41, 5.74) is 8.65. The van der Waals surface area contributed by atoms with Crippen molar-refractivity contribution in [1.82, 2.24) is 14.1 Å². The van der Waals surface area contributed by atoms with Gasteiger partial charge in [0.15, 0.2) is 5.13 Å². The van der Waals surface area contributed by atoms with Crippen molar-refractivity contribution in [2.45, 2.75) is 0 Å². The molecule has 0 N–H and O–H groups in total. The summed E-state index contributed by atoms with van der Waals surface area (Å²) in [6.45, 7) is 0. The van der Waals surface area contributed by atoms with E-state index in [1.807, 2.05) is 18.2 Å². The molecule has 0 aliphatic rings. The van der Waals surface area contributed by atoms with Crippen LogP contribution in [0.2, 0.25) is 0 Å². The highest BCUT2D eigenvalue weighted by Gasteiger charge is 2.20. The summed E-state index contributed by atoms with van der Waals surface area (Å²) in [4.78, 5) is 5.21. The molecule has 4 heterocycles. The van der Waals surface area contributed by atoms with Gasteiger partial charge in [-0.2, -0.15) is 0 Å². The Balaban J connectivity index is 1.19. The maximum atomic E-state index is 6.20. The maximum Gasteiger partial charge on any atom is 0.195 e. The summed E-state index contributed by atoms with van der Waals surface area (Å²) >= 11 is 1.73. The lowest BCUT2D eigenvalue weighted by atomic mass is 10.1. The average molecular weight is 606 g/mol. The van der Waals surface area contributed by atoms with Gasteiger partial charge in [-0.1, -0.05) is 90.2 Å². The fourth-order valence-corrected chi connectivity index (χ4v) is 8.66. The highest BCUT2D eigenvalue weighted by Crippen LogP contribution is 2.42. The normalized spacial score (nSPS) is 12.3. The highest BCUT2D eigenvalue weighted by molar-refractivity contribution is 7.22. The fraction of sp³-hybridized carbons (Fsp3) is 0. The summed E-state index contributed by atoms with van der Waals surface area (Å²) in [5.74, 6) is 0. The van der Waals surface area contributed by atoms with Crippen molar-refractivity contribution in [3.8, 4) is 10.8 Å². The van der Waals surface area contributed by atoms with Crippen molar-refractivity contribution in [3.63, 3.8) is 0 Å². The Labute approximate surface area is 265 Å². The van der Waals surface area contributed by atoms with Crippen LogP contribution in [-0.4, -0.2) is 14.1 Å². The first-order valence-electron chi connectivity index (χ1n) is 15.5. The molecule has 0 radical (unpaired) electrons. The van der Waals surface area contributed by atoms with Crippen LogP contribution < -0.4 is 0 Å². The quantitative estimate of drug-likeness (QED) is 0.196. The van der Waals surface area contributed by atoms with E-state index in [1.165, 1.54) is 43.4 Å². The minimum absolute atomic E-state index is 0.898. The van der Waals surface area contributed by atoms with Gasteiger partial charge in [0.2, 0.25) is 0 Å². The molecular weight excluding hydrogens is 583 g/mol. The van der Waals surface area contributed by atoms with Crippen LogP contribution in [0, 0.1) is 0 Å². The van der Waals surface area contributed by atoms with Gasteiger partial charge in [-0.05, 0) is 71.4 Å². The summed E-state index contributed by atoms with van der Waals surface area (Å²) in [6, 6.07) is 50.0. The summed E-state index contributed by atoms with van der Waals surface area (Å²) in [5, 5.41) is 10.7. The van der Waals surface area contributed by atoms with E-state index >= 15 is 0 Å². The molecule has 5 heteroatoms. The minimum atomic E-state index is 0.898. The second kappa shape index (κ2) is 8.84. The molecule has 4 nitrogen and oxygen atoms in total. The van der Waals surface area contributed by atoms with E-state index in [-0.39, 0.29) is 0 Å². The van der Waals surface area contributed by atoms with E-state index in [9.17, 15) is 0 Å². The van der Waals surface area contributed by atoms with Crippen molar-refractivity contribution in [1.29, 1.82) is 0 Å². The van der Waals surface area contributed by atoms with E-state index in [0.29, 0.717) is 0 Å². The van der Waals surface area contributed by atoms with Crippen molar-refractivity contribution in [2.75, 3.05) is 0 Å². The highest BCUT2D eigenvalue weighted by atomic mass is 32.1. The van der Waals surface area contributed by atoms with Gasteiger partial charge in [0.05, 0.1) is 32.3 Å². The van der Waals surface area contributed by atoms with Gasteiger partial charge >= 0.3 is 0 Å². The summed E-state index contributed by atoms with van der Waals surface area (Å²) in [7, 11) is 0. The zero-order valence-corrected chi connectivity index (χ0v) is 25.3. The van der Waals surface area contributed by atoms with Gasteiger partial charge in [0, 0.05) is 38.0 Å². The molecule has 11 aromatic rings. The monoisotopic (exact) mass is 605 g/mol. The number of hydrogen-bond acceptors (Lipinski definition) is 3. The predicted octanol–water partition coefficient (Wildman–Crippen LogP) is 11.5. The third-order valence-electron chi connectivity index (χ3n) is 9.53. The Morgan fingerprint density at radius 3 is 1.96 bits per heavy atom. The molecule has 0 amide bonds. The van der Waals surface area contributed by atoms with Crippen LogP contribution in [0.1, 0.15) is 0 Å². The molecule has 46 heavy (non-hydrogen) atoms. The Morgan fingerprint density at radius 2 is 1.13 bits per heavy atom. The smallest absolute Gasteiger partial charge is 0.195 e. The molecule has 214 valence electrons. The number of thiazole rings is 1. The lowest BCUT2D eigenvalue weighted by molar-refractivity contribution is 0.669. The first kappa shape index (κ1) is 24.4. The van der Waals surface area contributed by atoms with Crippen LogP contribution in [-0.2, 0) is 0 Å². The maximum absolute atomic E-state index is 6.20. The Kier molecular flexibility index (Phi) is 4.69. The second-order valence-electron chi connectivity index (χ2n) is 12.0. The van der Waals surface area contributed by atoms with Crippen LogP contribution in [0.25, 0.3) is 97.4 Å². The largest absolute Gasteiger partial charge is 0.456 e. The molecule has 0 aliphatic heterocycles. The minimum Gasteiger partial charge on any atom is -0.456 e. The van der Waals surface area contributed by atoms with E-state index < -0.39 is 0 Å². The van der Waals surface area contributed by atoms with Crippen molar-refractivity contribution >= 4 is 97.9 Å². The first-order valence-corrected chi connectivity index (χ1v) is 16.3. The number of furan rings is 1. The Hall–Kier alpha value is -5.91. The topological polar surface area (TPSA) is 35.9 Å². The molecule has 0 saturated heterocycles. The van der Waals surface area contributed by atoms with E-state index in [1.54, 1.807) is 11.3 Å². The third kappa shape index (κ3) is 3.19. The summed E-state index contributed by atoms with van der Waals surface area (Å²) in [6.07, 6.45) is 0. The van der Waals surface area contributed by atoms with Crippen molar-refractivity contribution in [2.24, 2.45) is 0 Å². The van der Waals surface area contributed by atoms with Gasteiger partial charge < -0.3 is 8.98 Å². The van der Waals surface area contributed by atoms with Crippen LogP contribution in [0.3, 0.4) is 0 Å². The van der Waals surface area contributed by atoms with Crippen molar-refractivity contribution in [3.05, 3.63) is 140 Å². The molecule has 0 atom stereocenters. The first-order chi connectivity index (χ1) is 22.8. The van der Waals surface area contributed by atoms with Gasteiger partial charge in [-0.15, -0.1) is 0 Å². The number of benzene rings is 7. The number of aromatic nitrogens is 3. The van der Waals surface area contributed by atoms with Gasteiger partial charge in [0.1, 0.15) is 11.2 Å². The molecule has 0 fully saturated rings. The molecule has 11 rings (SSSR count). The molecule has 0 saturated carbocycles.